The van der Waals surface area contributed by atoms with Crippen LogP contribution in [0.1, 0.15) is 11.4 Å². The van der Waals surface area contributed by atoms with Gasteiger partial charge in [0, 0.05) is 37.4 Å². The number of halogens is 1. The molecule has 0 radical (unpaired) electrons. The average Bonchev–Trinajstić information content (AvgIpc) is 3.53. The van der Waals surface area contributed by atoms with Crippen LogP contribution in [0.25, 0.3) is 33.5 Å². The number of fused-ring (bicyclic) bond motifs is 1. The maximum absolute atomic E-state index is 9.78. The van der Waals surface area contributed by atoms with Crippen molar-refractivity contribution in [2.24, 2.45) is 14.1 Å². The van der Waals surface area contributed by atoms with E-state index in [-0.39, 0.29) is 5.69 Å². The smallest absolute Gasteiger partial charge is 0.183 e. The third-order valence-corrected chi connectivity index (χ3v) is 5.23. The third kappa shape index (κ3) is 3.55. The van der Waals surface area contributed by atoms with E-state index in [2.05, 4.69) is 36.7 Å². The second-order valence-corrected chi connectivity index (χ2v) is 7.69. The van der Waals surface area contributed by atoms with Crippen molar-refractivity contribution in [3.63, 3.8) is 0 Å². The highest BCUT2D eigenvalue weighted by Gasteiger charge is 2.20. The molecule has 5 aromatic rings. The molecule has 0 unspecified atom stereocenters. The Hall–Kier alpha value is -4.23. The lowest BCUT2D eigenvalue weighted by atomic mass is 10.1. The second kappa shape index (κ2) is 7.79. The number of aromatic amines is 1. The number of aryl methyl sites for hydroxylation is 2. The highest BCUT2D eigenvalue weighted by molar-refractivity contribution is 6.35. The molecule has 4 aromatic heterocycles. The summed E-state index contributed by atoms with van der Waals surface area (Å²) in [6, 6.07) is 7.67. The van der Waals surface area contributed by atoms with Crippen LogP contribution in [0.5, 0.6) is 0 Å². The molecule has 32 heavy (non-hydrogen) atoms. The number of H-pyrrole nitrogens is 1. The Kier molecular flexibility index (Phi) is 4.80. The standard InChI is InChI=1S/C21H17ClN10/c1-31-10-14(25-11-31)9-24-21-17(7-23)27-19(20(28-21)16-3-4-32(2)30-16)12-5-13-8-26-29-18(13)15(22)6-12/h3-6,8,10-11H,9H2,1-2H3,(H,24,28)(H,26,29). The first kappa shape index (κ1) is 19.7. The van der Waals surface area contributed by atoms with Gasteiger partial charge in [0.2, 0.25) is 0 Å². The van der Waals surface area contributed by atoms with Gasteiger partial charge in [0.15, 0.2) is 11.5 Å². The minimum absolute atomic E-state index is 0.166. The maximum Gasteiger partial charge on any atom is 0.183 e. The van der Waals surface area contributed by atoms with Gasteiger partial charge < -0.3 is 9.88 Å². The number of imidazole rings is 1. The molecule has 4 heterocycles. The average molecular weight is 445 g/mol. The Labute approximate surface area is 187 Å². The van der Waals surface area contributed by atoms with Crippen molar-refractivity contribution >= 4 is 28.3 Å². The Morgan fingerprint density at radius 1 is 1.22 bits per heavy atom. The number of rotatable bonds is 5. The predicted octanol–water partition coefficient (Wildman–Crippen LogP) is 3.29. The summed E-state index contributed by atoms with van der Waals surface area (Å²) in [4.78, 5) is 13.7. The maximum atomic E-state index is 9.78. The molecule has 0 saturated heterocycles. The van der Waals surface area contributed by atoms with Gasteiger partial charge >= 0.3 is 0 Å². The minimum atomic E-state index is 0.166. The monoisotopic (exact) mass is 444 g/mol. The van der Waals surface area contributed by atoms with E-state index in [1.165, 1.54) is 0 Å². The van der Waals surface area contributed by atoms with Gasteiger partial charge in [-0.2, -0.15) is 15.5 Å². The highest BCUT2D eigenvalue weighted by Crippen LogP contribution is 2.34. The lowest BCUT2D eigenvalue weighted by Crippen LogP contribution is -2.08. The first-order valence-corrected chi connectivity index (χ1v) is 10.1. The molecule has 0 bridgehead atoms. The molecule has 0 amide bonds. The van der Waals surface area contributed by atoms with Gasteiger partial charge in [-0.05, 0) is 18.2 Å². The third-order valence-electron chi connectivity index (χ3n) is 4.93. The SMILES string of the molecule is Cn1cnc(CNc2nc(-c3ccn(C)n3)c(-c3cc(Cl)c4[nH]ncc4c3)nc2C#N)c1. The summed E-state index contributed by atoms with van der Waals surface area (Å²) < 4.78 is 3.54. The molecule has 0 saturated carbocycles. The molecule has 10 nitrogen and oxygen atoms in total. The molecule has 2 N–H and O–H groups in total. The number of anilines is 1. The van der Waals surface area contributed by atoms with Crippen LogP contribution in [-0.4, -0.2) is 39.5 Å². The van der Waals surface area contributed by atoms with E-state index in [1.807, 2.05) is 43.2 Å². The normalized spacial score (nSPS) is 11.1. The van der Waals surface area contributed by atoms with Crippen molar-refractivity contribution in [3.8, 4) is 28.7 Å². The van der Waals surface area contributed by atoms with Crippen LogP contribution in [0.15, 0.2) is 43.1 Å². The molecule has 0 aliphatic heterocycles. The minimum Gasteiger partial charge on any atom is -0.362 e. The van der Waals surface area contributed by atoms with Crippen LogP contribution >= 0.6 is 11.6 Å². The van der Waals surface area contributed by atoms with Crippen molar-refractivity contribution in [3.05, 3.63) is 59.5 Å². The zero-order valence-corrected chi connectivity index (χ0v) is 18.0. The topological polar surface area (TPSA) is 126 Å². The molecule has 0 atom stereocenters. The van der Waals surface area contributed by atoms with Crippen molar-refractivity contribution in [2.75, 3.05) is 5.32 Å². The number of hydrogen-bond donors (Lipinski definition) is 2. The van der Waals surface area contributed by atoms with Crippen LogP contribution in [0, 0.1) is 11.3 Å². The summed E-state index contributed by atoms with van der Waals surface area (Å²) in [6.45, 7) is 0.401. The van der Waals surface area contributed by atoms with Crippen molar-refractivity contribution in [2.45, 2.75) is 6.54 Å². The van der Waals surface area contributed by atoms with Crippen LogP contribution < -0.4 is 5.32 Å². The fourth-order valence-corrected chi connectivity index (χ4v) is 3.71. The Morgan fingerprint density at radius 3 is 2.81 bits per heavy atom. The van der Waals surface area contributed by atoms with E-state index in [0.29, 0.717) is 40.0 Å². The summed E-state index contributed by atoms with van der Waals surface area (Å²) in [6.07, 6.45) is 7.12. The first-order chi connectivity index (χ1) is 15.5. The Morgan fingerprint density at radius 2 is 2.09 bits per heavy atom. The van der Waals surface area contributed by atoms with E-state index >= 15 is 0 Å². The lowest BCUT2D eigenvalue weighted by molar-refractivity contribution is 0.770. The molecule has 0 aliphatic carbocycles. The van der Waals surface area contributed by atoms with Gasteiger partial charge in [0.1, 0.15) is 23.2 Å². The number of hydrogen-bond acceptors (Lipinski definition) is 7. The van der Waals surface area contributed by atoms with Crippen molar-refractivity contribution in [1.82, 2.24) is 39.5 Å². The zero-order valence-electron chi connectivity index (χ0n) is 17.2. The van der Waals surface area contributed by atoms with Crippen molar-refractivity contribution < 1.29 is 0 Å². The molecule has 0 fully saturated rings. The van der Waals surface area contributed by atoms with E-state index in [4.69, 9.17) is 16.6 Å². The second-order valence-electron chi connectivity index (χ2n) is 7.28. The Bertz CT molecular complexity index is 1490. The van der Waals surface area contributed by atoms with Crippen LogP contribution in [0.2, 0.25) is 5.02 Å². The van der Waals surface area contributed by atoms with E-state index in [9.17, 15) is 5.26 Å². The summed E-state index contributed by atoms with van der Waals surface area (Å²) in [5.41, 5.74) is 4.10. The van der Waals surface area contributed by atoms with Gasteiger partial charge in [-0.3, -0.25) is 9.78 Å². The molecular weight excluding hydrogens is 428 g/mol. The van der Waals surface area contributed by atoms with E-state index in [1.54, 1.807) is 23.3 Å². The fourth-order valence-electron chi connectivity index (χ4n) is 3.44. The van der Waals surface area contributed by atoms with Crippen LogP contribution in [-0.2, 0) is 20.6 Å². The number of aromatic nitrogens is 8. The molecule has 1 aromatic carbocycles. The van der Waals surface area contributed by atoms with Crippen molar-refractivity contribution in [1.29, 1.82) is 5.26 Å². The number of benzene rings is 1. The number of nitrogens with one attached hydrogen (secondary N) is 2. The van der Waals surface area contributed by atoms with Gasteiger partial charge in [-0.1, -0.05) is 11.6 Å². The highest BCUT2D eigenvalue weighted by atomic mass is 35.5. The number of nitriles is 1. The molecule has 5 rings (SSSR count). The largest absolute Gasteiger partial charge is 0.362 e. The Balaban J connectivity index is 1.65. The molecular formula is C21H17ClN10. The zero-order chi connectivity index (χ0) is 22.2. The fraction of sp³-hybridized carbons (Fsp3) is 0.143. The summed E-state index contributed by atoms with van der Waals surface area (Å²) >= 11 is 6.45. The number of nitrogens with zero attached hydrogens (tertiary/aromatic N) is 8. The molecule has 0 aliphatic rings. The molecule has 0 spiro atoms. The van der Waals surface area contributed by atoms with E-state index in [0.717, 1.165) is 16.6 Å². The lowest BCUT2D eigenvalue weighted by Gasteiger charge is -2.12. The summed E-state index contributed by atoms with van der Waals surface area (Å²) in [5.74, 6) is 0.359. The quantitative estimate of drug-likeness (QED) is 0.426. The van der Waals surface area contributed by atoms with Gasteiger partial charge in [-0.15, -0.1) is 0 Å². The predicted molar refractivity (Wildman–Crippen MR) is 120 cm³/mol. The van der Waals surface area contributed by atoms with Gasteiger partial charge in [0.25, 0.3) is 0 Å². The first-order valence-electron chi connectivity index (χ1n) is 9.67. The summed E-state index contributed by atoms with van der Waals surface area (Å²) in [7, 11) is 3.72. The van der Waals surface area contributed by atoms with Gasteiger partial charge in [0.05, 0.1) is 35.3 Å². The van der Waals surface area contributed by atoms with Crippen LogP contribution in [0.4, 0.5) is 5.82 Å². The van der Waals surface area contributed by atoms with E-state index < -0.39 is 0 Å². The van der Waals surface area contributed by atoms with Gasteiger partial charge in [-0.25, -0.2) is 15.0 Å². The molecule has 158 valence electrons. The summed E-state index contributed by atoms with van der Waals surface area (Å²) in [5, 5.41) is 25.7. The molecule has 11 heteroatoms. The van der Waals surface area contributed by atoms with Crippen LogP contribution in [0.3, 0.4) is 0 Å².